The second-order valence-electron chi connectivity index (χ2n) is 12.3. The summed E-state index contributed by atoms with van der Waals surface area (Å²) in [6.07, 6.45) is 14.1. The summed E-state index contributed by atoms with van der Waals surface area (Å²) in [5.41, 5.74) is 2.86. The minimum Gasteiger partial charge on any atom is -0.367 e. The van der Waals surface area contributed by atoms with Crippen LogP contribution in [0.4, 0.5) is 17.5 Å². The molecule has 7 rings (SSSR count). The van der Waals surface area contributed by atoms with Gasteiger partial charge in [-0.3, -0.25) is 9.69 Å². The highest BCUT2D eigenvalue weighted by molar-refractivity contribution is 6.00. The van der Waals surface area contributed by atoms with Crippen molar-refractivity contribution in [1.29, 1.82) is 0 Å². The van der Waals surface area contributed by atoms with E-state index in [1.54, 1.807) is 0 Å². The van der Waals surface area contributed by atoms with Gasteiger partial charge >= 0.3 is 0 Å². The third-order valence-corrected chi connectivity index (χ3v) is 9.52. The maximum atomic E-state index is 12.8. The molecule has 3 aromatic heterocycles. The summed E-state index contributed by atoms with van der Waals surface area (Å²) in [5.74, 6) is 2.41. The molecule has 2 saturated carbocycles. The molecule has 2 aliphatic carbocycles. The second-order valence-corrected chi connectivity index (χ2v) is 12.3. The van der Waals surface area contributed by atoms with Crippen LogP contribution in [-0.2, 0) is 5.54 Å². The van der Waals surface area contributed by atoms with Crippen molar-refractivity contribution in [3.05, 3.63) is 36.3 Å². The molecule has 4 aliphatic rings. The monoisotopic (exact) mass is 513 g/mol. The van der Waals surface area contributed by atoms with Gasteiger partial charge < -0.3 is 14.8 Å². The number of carbonyl (C=O) groups is 1. The number of nitrogens with zero attached hydrogens (tertiary/aromatic N) is 6. The molecule has 5 heterocycles. The van der Waals surface area contributed by atoms with Crippen molar-refractivity contribution in [3.63, 3.8) is 0 Å². The number of pyridine rings is 1. The molecule has 1 saturated heterocycles. The summed E-state index contributed by atoms with van der Waals surface area (Å²) in [4.78, 5) is 32.2. The van der Waals surface area contributed by atoms with Crippen molar-refractivity contribution < 1.29 is 4.79 Å². The Morgan fingerprint density at radius 1 is 1.00 bits per heavy atom. The summed E-state index contributed by atoms with van der Waals surface area (Å²) in [6, 6.07) is 7.26. The van der Waals surface area contributed by atoms with E-state index in [2.05, 4.69) is 44.6 Å². The molecule has 8 nitrogen and oxygen atoms in total. The number of hydrogen-bond donors (Lipinski definition) is 1. The van der Waals surface area contributed by atoms with Gasteiger partial charge in [-0.15, -0.1) is 0 Å². The van der Waals surface area contributed by atoms with E-state index in [0.29, 0.717) is 24.5 Å². The van der Waals surface area contributed by atoms with Crippen LogP contribution in [0.3, 0.4) is 0 Å². The van der Waals surface area contributed by atoms with Crippen LogP contribution in [0, 0.1) is 5.92 Å². The van der Waals surface area contributed by atoms with Crippen molar-refractivity contribution in [1.82, 2.24) is 24.4 Å². The Labute approximate surface area is 224 Å². The van der Waals surface area contributed by atoms with E-state index in [-0.39, 0.29) is 11.3 Å². The highest BCUT2D eigenvalue weighted by Crippen LogP contribution is 2.45. The first kappa shape index (κ1) is 24.1. The molecule has 2 atom stereocenters. The lowest BCUT2D eigenvalue weighted by Gasteiger charge is -2.45. The number of Topliss-reactive ketones (excluding diaryl/α,β-unsaturated/α-hetero) is 1. The number of hydrogen-bond acceptors (Lipinski definition) is 7. The second kappa shape index (κ2) is 9.33. The van der Waals surface area contributed by atoms with Gasteiger partial charge in [0.2, 0.25) is 5.95 Å². The quantitative estimate of drug-likeness (QED) is 0.482. The van der Waals surface area contributed by atoms with Gasteiger partial charge in [-0.1, -0.05) is 19.3 Å². The third-order valence-electron chi connectivity index (χ3n) is 9.52. The molecule has 200 valence electrons. The lowest BCUT2D eigenvalue weighted by atomic mass is 9.75. The number of piperazine rings is 1. The van der Waals surface area contributed by atoms with E-state index in [9.17, 15) is 4.79 Å². The lowest BCUT2D eigenvalue weighted by molar-refractivity contribution is 0.0852. The molecular formula is C30H39N7O. The molecule has 8 heteroatoms. The standard InChI is InChI=1S/C30H39N7O/c1-20-17-35(18-21(2)36(20)19-22-6-7-22)24-8-9-27(31-16-24)33-29-32-15-23-14-25-26(38)10-13-30(11-4-3-5-12-30)37(25)28(23)34-29/h8-9,14-16,20-22H,3-7,10-13,17-19H2,1-2H3,(H,31,32,33,34). The number of rotatable bonds is 5. The number of fused-ring (bicyclic) bond motifs is 4. The van der Waals surface area contributed by atoms with Gasteiger partial charge in [0.1, 0.15) is 11.5 Å². The first-order valence-electron chi connectivity index (χ1n) is 14.6. The Morgan fingerprint density at radius 2 is 1.79 bits per heavy atom. The molecule has 2 aliphatic heterocycles. The van der Waals surface area contributed by atoms with Crippen LogP contribution in [0.1, 0.15) is 82.1 Å². The van der Waals surface area contributed by atoms with Gasteiger partial charge in [0.15, 0.2) is 5.78 Å². The number of carbonyl (C=O) groups excluding carboxylic acids is 1. The van der Waals surface area contributed by atoms with Crippen LogP contribution in [0.25, 0.3) is 11.0 Å². The average molecular weight is 514 g/mol. The summed E-state index contributed by atoms with van der Waals surface area (Å²) in [7, 11) is 0. The Hall–Kier alpha value is -3.00. The van der Waals surface area contributed by atoms with Crippen LogP contribution >= 0.6 is 0 Å². The van der Waals surface area contributed by atoms with E-state index < -0.39 is 0 Å². The highest BCUT2D eigenvalue weighted by Gasteiger charge is 2.41. The first-order valence-corrected chi connectivity index (χ1v) is 14.6. The zero-order valence-corrected chi connectivity index (χ0v) is 22.7. The van der Waals surface area contributed by atoms with Gasteiger partial charge in [0.25, 0.3) is 0 Å². The van der Waals surface area contributed by atoms with Crippen molar-refractivity contribution in [2.75, 3.05) is 29.9 Å². The maximum Gasteiger partial charge on any atom is 0.230 e. The van der Waals surface area contributed by atoms with Crippen molar-refractivity contribution >= 4 is 34.3 Å². The SMILES string of the molecule is CC1CN(c2ccc(Nc3ncc4cc5n(c4n3)C3(CCCCC3)CCC5=O)nc2)CC(C)N1CC1CC1. The smallest absolute Gasteiger partial charge is 0.230 e. The predicted molar refractivity (Wildman–Crippen MR) is 150 cm³/mol. The summed E-state index contributed by atoms with van der Waals surface area (Å²) < 4.78 is 2.27. The minimum atomic E-state index is 0.0196. The molecule has 2 unspecified atom stereocenters. The zero-order valence-electron chi connectivity index (χ0n) is 22.7. The van der Waals surface area contributed by atoms with E-state index >= 15 is 0 Å². The van der Waals surface area contributed by atoms with Crippen molar-refractivity contribution in [2.24, 2.45) is 5.92 Å². The fourth-order valence-corrected chi connectivity index (χ4v) is 7.29. The van der Waals surface area contributed by atoms with E-state index in [1.165, 1.54) is 38.6 Å². The summed E-state index contributed by atoms with van der Waals surface area (Å²) in [5, 5.41) is 4.26. The zero-order chi connectivity index (χ0) is 25.9. The molecule has 0 amide bonds. The molecular weight excluding hydrogens is 474 g/mol. The maximum absolute atomic E-state index is 12.8. The number of nitrogens with one attached hydrogen (secondary N) is 1. The Bertz CT molecular complexity index is 1330. The fourth-order valence-electron chi connectivity index (χ4n) is 7.29. The van der Waals surface area contributed by atoms with Crippen LogP contribution in [-0.4, -0.2) is 61.9 Å². The van der Waals surface area contributed by atoms with Gasteiger partial charge in [-0.25, -0.2) is 9.97 Å². The van der Waals surface area contributed by atoms with Crippen molar-refractivity contribution in [2.45, 2.75) is 89.3 Å². The lowest BCUT2D eigenvalue weighted by Crippen LogP contribution is -2.57. The van der Waals surface area contributed by atoms with Crippen LogP contribution in [0.15, 0.2) is 30.6 Å². The fraction of sp³-hybridized carbons (Fsp3) is 0.600. The van der Waals surface area contributed by atoms with Gasteiger partial charge in [-0.05, 0) is 70.1 Å². The number of aromatic nitrogens is 4. The highest BCUT2D eigenvalue weighted by atomic mass is 16.1. The largest absolute Gasteiger partial charge is 0.367 e. The summed E-state index contributed by atoms with van der Waals surface area (Å²) >= 11 is 0. The Balaban J connectivity index is 1.10. The minimum absolute atomic E-state index is 0.0196. The number of anilines is 3. The Kier molecular flexibility index (Phi) is 5.91. The molecule has 1 N–H and O–H groups in total. The van der Waals surface area contributed by atoms with Gasteiger partial charge in [0, 0.05) is 55.3 Å². The average Bonchev–Trinajstić information content (AvgIpc) is 3.66. The molecule has 0 radical (unpaired) electrons. The van der Waals surface area contributed by atoms with E-state index in [0.717, 1.165) is 66.5 Å². The summed E-state index contributed by atoms with van der Waals surface area (Å²) in [6.45, 7) is 8.03. The van der Waals surface area contributed by atoms with Crippen LogP contribution < -0.4 is 10.2 Å². The number of ketones is 1. The molecule has 1 spiro atoms. The van der Waals surface area contributed by atoms with Gasteiger partial charge in [0.05, 0.1) is 17.6 Å². The van der Waals surface area contributed by atoms with Crippen LogP contribution in [0.2, 0.25) is 0 Å². The predicted octanol–water partition coefficient (Wildman–Crippen LogP) is 5.51. The molecule has 3 aromatic rings. The third kappa shape index (κ3) is 4.27. The Morgan fingerprint density at radius 3 is 2.50 bits per heavy atom. The van der Waals surface area contributed by atoms with Crippen LogP contribution in [0.5, 0.6) is 0 Å². The van der Waals surface area contributed by atoms with E-state index in [1.807, 2.05) is 24.5 Å². The molecule has 0 aromatic carbocycles. The molecule has 3 fully saturated rings. The topological polar surface area (TPSA) is 79.2 Å². The molecule has 0 bridgehead atoms. The normalized spacial score (nSPS) is 25.6. The molecule has 38 heavy (non-hydrogen) atoms. The van der Waals surface area contributed by atoms with Gasteiger partial charge in [-0.2, -0.15) is 4.98 Å². The van der Waals surface area contributed by atoms with E-state index in [4.69, 9.17) is 9.97 Å². The van der Waals surface area contributed by atoms with Crippen molar-refractivity contribution in [3.8, 4) is 0 Å². The first-order chi connectivity index (χ1) is 18.5.